The van der Waals surface area contributed by atoms with Crippen molar-refractivity contribution >= 4 is 44.5 Å². The molecule has 9 heteroatoms. The van der Waals surface area contributed by atoms with Crippen molar-refractivity contribution in [1.29, 1.82) is 0 Å². The average molecular weight is 503 g/mol. The van der Waals surface area contributed by atoms with Crippen molar-refractivity contribution in [3.05, 3.63) is 69.1 Å². The summed E-state index contributed by atoms with van der Waals surface area (Å²) in [6.07, 6.45) is 2.42. The first kappa shape index (κ1) is 22.8. The molecule has 31 heavy (non-hydrogen) atoms. The summed E-state index contributed by atoms with van der Waals surface area (Å²) in [4.78, 5) is 16.4. The number of anilines is 1. The number of benzene rings is 2. The topological polar surface area (TPSA) is 84.8 Å². The van der Waals surface area contributed by atoms with Gasteiger partial charge in [-0.15, -0.1) is 11.3 Å². The number of ether oxygens (including phenoxy) is 2. The number of rotatable bonds is 10. The number of nitrogens with one attached hydrogen (secondary N) is 2. The molecule has 0 aliphatic rings. The number of amides is 1. The molecule has 2 N–H and O–H groups in total. The molecular formula is C22H23BrN4O3S. The lowest BCUT2D eigenvalue weighted by molar-refractivity contribution is -0.123. The molecule has 3 aromatic rings. The fourth-order valence-electron chi connectivity index (χ4n) is 2.67. The first-order valence-corrected chi connectivity index (χ1v) is 11.2. The van der Waals surface area contributed by atoms with Gasteiger partial charge in [-0.05, 0) is 47.0 Å². The first-order chi connectivity index (χ1) is 15.0. The number of carbonyl (C=O) groups is 1. The molecule has 162 valence electrons. The zero-order valence-electron chi connectivity index (χ0n) is 17.2. The molecule has 0 atom stereocenters. The normalized spacial score (nSPS) is 10.8. The number of thiazole rings is 1. The van der Waals surface area contributed by atoms with E-state index in [4.69, 9.17) is 9.47 Å². The number of aryl methyl sites for hydroxylation is 1. The third kappa shape index (κ3) is 7.08. The summed E-state index contributed by atoms with van der Waals surface area (Å²) in [6, 6.07) is 13.5. The highest BCUT2D eigenvalue weighted by molar-refractivity contribution is 9.10. The van der Waals surface area contributed by atoms with Gasteiger partial charge in [-0.25, -0.2) is 4.98 Å². The molecule has 0 saturated carbocycles. The van der Waals surface area contributed by atoms with E-state index in [0.29, 0.717) is 18.0 Å². The smallest absolute Gasteiger partial charge is 0.257 e. The SMILES string of the molecule is COc1cc(C=NNc2nc(C)cs2)c(Br)cc1OCC(=O)NCCc1ccccc1. The zero-order valence-corrected chi connectivity index (χ0v) is 19.6. The molecule has 0 fully saturated rings. The van der Waals surface area contributed by atoms with Crippen LogP contribution in [0.5, 0.6) is 11.5 Å². The predicted octanol–water partition coefficient (Wildman–Crippen LogP) is 4.41. The van der Waals surface area contributed by atoms with Crippen LogP contribution in [0.15, 0.2) is 57.4 Å². The van der Waals surface area contributed by atoms with Crippen LogP contribution in [-0.2, 0) is 11.2 Å². The van der Waals surface area contributed by atoms with E-state index in [0.717, 1.165) is 27.3 Å². The van der Waals surface area contributed by atoms with Gasteiger partial charge in [0.2, 0.25) is 5.13 Å². The summed E-state index contributed by atoms with van der Waals surface area (Å²) in [7, 11) is 1.55. The molecule has 0 radical (unpaired) electrons. The van der Waals surface area contributed by atoms with Crippen molar-refractivity contribution < 1.29 is 14.3 Å². The van der Waals surface area contributed by atoms with Gasteiger partial charge in [-0.2, -0.15) is 5.10 Å². The van der Waals surface area contributed by atoms with E-state index in [1.807, 2.05) is 42.6 Å². The Morgan fingerprint density at radius 1 is 1.26 bits per heavy atom. The Kier molecular flexibility index (Phi) is 8.43. The van der Waals surface area contributed by atoms with Gasteiger partial charge in [-0.3, -0.25) is 10.2 Å². The Hall–Kier alpha value is -2.91. The number of carbonyl (C=O) groups excluding carboxylic acids is 1. The molecule has 0 bridgehead atoms. The number of methoxy groups -OCH3 is 1. The van der Waals surface area contributed by atoms with Gasteiger partial charge in [0, 0.05) is 22.0 Å². The monoisotopic (exact) mass is 502 g/mol. The molecule has 0 aliphatic carbocycles. The number of nitrogens with zero attached hydrogens (tertiary/aromatic N) is 2. The minimum atomic E-state index is -0.192. The van der Waals surface area contributed by atoms with Gasteiger partial charge in [0.1, 0.15) is 0 Å². The van der Waals surface area contributed by atoms with Gasteiger partial charge < -0.3 is 14.8 Å². The van der Waals surface area contributed by atoms with E-state index in [2.05, 4.69) is 36.8 Å². The van der Waals surface area contributed by atoms with Crippen LogP contribution in [0.2, 0.25) is 0 Å². The van der Waals surface area contributed by atoms with Crippen molar-refractivity contribution in [3.63, 3.8) is 0 Å². The van der Waals surface area contributed by atoms with Crippen molar-refractivity contribution in [2.24, 2.45) is 5.10 Å². The maximum atomic E-state index is 12.1. The summed E-state index contributed by atoms with van der Waals surface area (Å²) in [5, 5.41) is 9.73. The average Bonchev–Trinajstić information content (AvgIpc) is 3.19. The van der Waals surface area contributed by atoms with E-state index in [1.54, 1.807) is 25.5 Å². The van der Waals surface area contributed by atoms with Crippen LogP contribution in [0.25, 0.3) is 0 Å². The van der Waals surface area contributed by atoms with E-state index >= 15 is 0 Å². The maximum Gasteiger partial charge on any atom is 0.257 e. The lowest BCUT2D eigenvalue weighted by Gasteiger charge is -2.13. The molecule has 1 heterocycles. The van der Waals surface area contributed by atoms with Crippen molar-refractivity contribution in [3.8, 4) is 11.5 Å². The lowest BCUT2D eigenvalue weighted by atomic mass is 10.1. The molecular weight excluding hydrogens is 480 g/mol. The number of halogens is 1. The lowest BCUT2D eigenvalue weighted by Crippen LogP contribution is -2.30. The number of hydrogen-bond acceptors (Lipinski definition) is 7. The molecule has 0 aliphatic heterocycles. The molecule has 0 unspecified atom stereocenters. The zero-order chi connectivity index (χ0) is 22.1. The fraction of sp³-hybridized carbons (Fsp3) is 0.227. The highest BCUT2D eigenvalue weighted by Crippen LogP contribution is 2.33. The Bertz CT molecular complexity index is 1040. The molecule has 0 saturated heterocycles. The summed E-state index contributed by atoms with van der Waals surface area (Å²) in [5.74, 6) is 0.780. The Balaban J connectivity index is 1.53. The Labute approximate surface area is 193 Å². The largest absolute Gasteiger partial charge is 0.493 e. The minimum Gasteiger partial charge on any atom is -0.493 e. The fourth-order valence-corrected chi connectivity index (χ4v) is 3.73. The third-order valence-electron chi connectivity index (χ3n) is 4.20. The number of hydrazone groups is 1. The van der Waals surface area contributed by atoms with Gasteiger partial charge in [-0.1, -0.05) is 30.3 Å². The quantitative estimate of drug-likeness (QED) is 0.317. The van der Waals surface area contributed by atoms with E-state index < -0.39 is 0 Å². The third-order valence-corrected chi connectivity index (χ3v) is 5.75. The summed E-state index contributed by atoms with van der Waals surface area (Å²) in [5.41, 5.74) is 5.80. The van der Waals surface area contributed by atoms with Crippen LogP contribution in [0, 0.1) is 6.92 Å². The Morgan fingerprint density at radius 2 is 2.06 bits per heavy atom. The Morgan fingerprint density at radius 3 is 2.77 bits per heavy atom. The van der Waals surface area contributed by atoms with Gasteiger partial charge >= 0.3 is 0 Å². The first-order valence-electron chi connectivity index (χ1n) is 9.57. The van der Waals surface area contributed by atoms with E-state index in [9.17, 15) is 4.79 Å². The van der Waals surface area contributed by atoms with Crippen LogP contribution in [0.4, 0.5) is 5.13 Å². The van der Waals surface area contributed by atoms with Gasteiger partial charge in [0.05, 0.1) is 19.0 Å². The molecule has 3 rings (SSSR count). The van der Waals surface area contributed by atoms with Crippen LogP contribution < -0.4 is 20.2 Å². The summed E-state index contributed by atoms with van der Waals surface area (Å²) >= 11 is 4.99. The highest BCUT2D eigenvalue weighted by atomic mass is 79.9. The van der Waals surface area contributed by atoms with Crippen molar-refractivity contribution in [1.82, 2.24) is 10.3 Å². The van der Waals surface area contributed by atoms with E-state index in [1.165, 1.54) is 16.9 Å². The van der Waals surface area contributed by atoms with Crippen LogP contribution in [0.1, 0.15) is 16.8 Å². The maximum absolute atomic E-state index is 12.1. The molecule has 7 nitrogen and oxygen atoms in total. The second-order valence-electron chi connectivity index (χ2n) is 6.56. The van der Waals surface area contributed by atoms with Crippen LogP contribution >= 0.6 is 27.3 Å². The van der Waals surface area contributed by atoms with Crippen LogP contribution in [-0.4, -0.2) is 37.4 Å². The minimum absolute atomic E-state index is 0.101. The summed E-state index contributed by atoms with van der Waals surface area (Å²) in [6.45, 7) is 2.37. The van der Waals surface area contributed by atoms with Crippen LogP contribution in [0.3, 0.4) is 0 Å². The standard InChI is InChI=1S/C22H23BrN4O3S/c1-15-14-31-22(26-15)27-25-12-17-10-19(29-2)20(11-18(17)23)30-13-21(28)24-9-8-16-6-4-3-5-7-16/h3-7,10-12,14H,8-9,13H2,1-2H3,(H,24,28)(H,26,27). The van der Waals surface area contributed by atoms with Crippen molar-refractivity contribution in [2.75, 3.05) is 25.7 Å². The number of hydrogen-bond donors (Lipinski definition) is 2. The van der Waals surface area contributed by atoms with E-state index in [-0.39, 0.29) is 12.5 Å². The molecule has 2 aromatic carbocycles. The molecule has 0 spiro atoms. The number of aromatic nitrogens is 1. The summed E-state index contributed by atoms with van der Waals surface area (Å²) < 4.78 is 11.8. The predicted molar refractivity (Wildman–Crippen MR) is 127 cm³/mol. The van der Waals surface area contributed by atoms with Gasteiger partial charge in [0.15, 0.2) is 18.1 Å². The second kappa shape index (κ2) is 11.5. The molecule has 1 amide bonds. The van der Waals surface area contributed by atoms with Crippen molar-refractivity contribution in [2.45, 2.75) is 13.3 Å². The second-order valence-corrected chi connectivity index (χ2v) is 8.28. The van der Waals surface area contributed by atoms with Gasteiger partial charge in [0.25, 0.3) is 5.91 Å². The molecule has 1 aromatic heterocycles. The highest BCUT2D eigenvalue weighted by Gasteiger charge is 2.11.